The van der Waals surface area contributed by atoms with Crippen molar-refractivity contribution in [1.29, 1.82) is 0 Å². The molecule has 2 saturated heterocycles. The van der Waals surface area contributed by atoms with Gasteiger partial charge in [-0.25, -0.2) is 9.97 Å². The molecular formula is C17H26N4O. The van der Waals surface area contributed by atoms with Gasteiger partial charge in [-0.15, -0.1) is 0 Å². The van der Waals surface area contributed by atoms with E-state index in [1.807, 2.05) is 6.07 Å². The third kappa shape index (κ3) is 2.94. The number of carbonyl (C=O) groups is 1. The molecule has 2 aliphatic rings. The molecule has 2 atom stereocenters. The van der Waals surface area contributed by atoms with Gasteiger partial charge in [-0.1, -0.05) is 13.8 Å². The quantitative estimate of drug-likeness (QED) is 0.855. The van der Waals surface area contributed by atoms with E-state index in [4.69, 9.17) is 0 Å². The van der Waals surface area contributed by atoms with Crippen LogP contribution in [0.3, 0.4) is 0 Å². The number of amides is 1. The summed E-state index contributed by atoms with van der Waals surface area (Å²) < 4.78 is 0. The second kappa shape index (κ2) is 6.63. The van der Waals surface area contributed by atoms with E-state index in [1.54, 1.807) is 12.4 Å². The van der Waals surface area contributed by atoms with Gasteiger partial charge in [0, 0.05) is 44.5 Å². The summed E-state index contributed by atoms with van der Waals surface area (Å²) in [5.74, 6) is 2.61. The maximum Gasteiger partial charge on any atom is 0.225 e. The molecule has 0 spiro atoms. The van der Waals surface area contributed by atoms with Crippen molar-refractivity contribution < 1.29 is 4.79 Å². The molecule has 1 aromatic rings. The molecule has 3 rings (SSSR count). The molecule has 0 bridgehead atoms. The number of likely N-dealkylation sites (tertiary alicyclic amines) is 1. The first kappa shape index (κ1) is 15.3. The SMILES string of the molecule is CCC(CC)C(=O)N1C[C@@H]2CN(c3ncccn3)CC[C@H]2C1. The molecule has 1 amide bonds. The van der Waals surface area contributed by atoms with E-state index in [0.29, 0.717) is 17.7 Å². The predicted molar refractivity (Wildman–Crippen MR) is 86.5 cm³/mol. The standard InChI is InChI=1S/C17H26N4O/c1-3-13(4-2)16(22)21-10-14-6-9-20(11-15(14)12-21)17-18-7-5-8-19-17/h5,7-8,13-15H,3-4,6,9-12H2,1-2H3/t14-,15-/m0/s1. The van der Waals surface area contributed by atoms with E-state index in [2.05, 4.69) is 33.6 Å². The summed E-state index contributed by atoms with van der Waals surface area (Å²) in [4.78, 5) is 25.7. The molecule has 120 valence electrons. The first-order chi connectivity index (χ1) is 10.7. The smallest absolute Gasteiger partial charge is 0.225 e. The number of rotatable bonds is 4. The van der Waals surface area contributed by atoms with E-state index < -0.39 is 0 Å². The summed E-state index contributed by atoms with van der Waals surface area (Å²) in [6.45, 7) is 8.06. The number of fused-ring (bicyclic) bond motifs is 1. The first-order valence-corrected chi connectivity index (χ1v) is 8.53. The second-order valence-electron chi connectivity index (χ2n) is 6.56. The Kier molecular flexibility index (Phi) is 4.60. The molecule has 3 heterocycles. The van der Waals surface area contributed by atoms with Gasteiger partial charge >= 0.3 is 0 Å². The second-order valence-corrected chi connectivity index (χ2v) is 6.56. The van der Waals surface area contributed by atoms with Crippen LogP contribution >= 0.6 is 0 Å². The number of aromatic nitrogens is 2. The van der Waals surface area contributed by atoms with Crippen LogP contribution in [0.5, 0.6) is 0 Å². The average molecular weight is 302 g/mol. The monoisotopic (exact) mass is 302 g/mol. The molecule has 0 N–H and O–H groups in total. The Labute approximate surface area is 132 Å². The molecule has 0 aliphatic carbocycles. The maximum atomic E-state index is 12.6. The van der Waals surface area contributed by atoms with Gasteiger partial charge in [-0.05, 0) is 37.2 Å². The van der Waals surface area contributed by atoms with Gasteiger partial charge in [-0.2, -0.15) is 0 Å². The maximum absolute atomic E-state index is 12.6. The minimum atomic E-state index is 0.203. The Hall–Kier alpha value is -1.65. The minimum Gasteiger partial charge on any atom is -0.342 e. The highest BCUT2D eigenvalue weighted by molar-refractivity contribution is 5.79. The van der Waals surface area contributed by atoms with Gasteiger partial charge < -0.3 is 9.80 Å². The molecule has 22 heavy (non-hydrogen) atoms. The predicted octanol–water partition coefficient (Wildman–Crippen LogP) is 2.20. The Morgan fingerprint density at radius 3 is 2.55 bits per heavy atom. The van der Waals surface area contributed by atoms with Crippen molar-refractivity contribution in [3.05, 3.63) is 18.5 Å². The lowest BCUT2D eigenvalue weighted by atomic mass is 9.89. The van der Waals surface area contributed by atoms with Crippen molar-refractivity contribution in [2.75, 3.05) is 31.1 Å². The van der Waals surface area contributed by atoms with Gasteiger partial charge in [0.2, 0.25) is 11.9 Å². The summed E-state index contributed by atoms with van der Waals surface area (Å²) in [5.41, 5.74) is 0. The zero-order chi connectivity index (χ0) is 15.5. The van der Waals surface area contributed by atoms with Crippen LogP contribution in [-0.4, -0.2) is 47.0 Å². The highest BCUT2D eigenvalue weighted by Gasteiger charge is 2.40. The third-order valence-corrected chi connectivity index (χ3v) is 5.28. The van der Waals surface area contributed by atoms with Crippen LogP contribution in [-0.2, 0) is 4.79 Å². The molecule has 5 heteroatoms. The number of piperidine rings is 1. The Bertz CT molecular complexity index is 503. The van der Waals surface area contributed by atoms with E-state index in [-0.39, 0.29) is 5.92 Å². The number of anilines is 1. The van der Waals surface area contributed by atoms with Crippen LogP contribution in [0.4, 0.5) is 5.95 Å². The molecule has 5 nitrogen and oxygen atoms in total. The average Bonchev–Trinajstić information content (AvgIpc) is 2.99. The van der Waals surface area contributed by atoms with Gasteiger partial charge in [0.1, 0.15) is 0 Å². The van der Waals surface area contributed by atoms with Crippen LogP contribution in [0, 0.1) is 17.8 Å². The molecule has 0 radical (unpaired) electrons. The summed E-state index contributed by atoms with van der Waals surface area (Å²) >= 11 is 0. The largest absolute Gasteiger partial charge is 0.342 e. The van der Waals surface area contributed by atoms with E-state index >= 15 is 0 Å². The van der Waals surface area contributed by atoms with Crippen molar-refractivity contribution >= 4 is 11.9 Å². The lowest BCUT2D eigenvalue weighted by Gasteiger charge is -2.34. The van der Waals surface area contributed by atoms with E-state index in [1.165, 1.54) is 0 Å². The Morgan fingerprint density at radius 2 is 1.86 bits per heavy atom. The molecule has 0 unspecified atom stereocenters. The van der Waals surface area contributed by atoms with E-state index in [0.717, 1.165) is 51.4 Å². The van der Waals surface area contributed by atoms with Crippen molar-refractivity contribution in [2.45, 2.75) is 33.1 Å². The van der Waals surface area contributed by atoms with Crippen LogP contribution in [0.1, 0.15) is 33.1 Å². The summed E-state index contributed by atoms with van der Waals surface area (Å²) in [6.07, 6.45) is 6.63. The fourth-order valence-corrected chi connectivity index (χ4v) is 3.88. The number of nitrogens with zero attached hydrogens (tertiary/aromatic N) is 4. The lowest BCUT2D eigenvalue weighted by Crippen LogP contribution is -2.40. The van der Waals surface area contributed by atoms with Crippen molar-refractivity contribution in [2.24, 2.45) is 17.8 Å². The molecular weight excluding hydrogens is 276 g/mol. The lowest BCUT2D eigenvalue weighted by molar-refractivity contribution is -0.134. The van der Waals surface area contributed by atoms with Gasteiger partial charge in [-0.3, -0.25) is 4.79 Å². The molecule has 2 fully saturated rings. The number of carbonyl (C=O) groups excluding carboxylic acids is 1. The normalized spacial score (nSPS) is 24.7. The molecule has 1 aromatic heterocycles. The van der Waals surface area contributed by atoms with Crippen LogP contribution in [0.2, 0.25) is 0 Å². The summed E-state index contributed by atoms with van der Waals surface area (Å²) in [6, 6.07) is 1.85. The molecule has 2 aliphatic heterocycles. The third-order valence-electron chi connectivity index (χ3n) is 5.28. The summed E-state index contributed by atoms with van der Waals surface area (Å²) in [7, 11) is 0. The Morgan fingerprint density at radius 1 is 1.18 bits per heavy atom. The molecule has 0 aromatic carbocycles. The fourth-order valence-electron chi connectivity index (χ4n) is 3.88. The van der Waals surface area contributed by atoms with Gasteiger partial charge in [0.05, 0.1) is 0 Å². The van der Waals surface area contributed by atoms with Crippen LogP contribution in [0.15, 0.2) is 18.5 Å². The zero-order valence-corrected chi connectivity index (χ0v) is 13.6. The highest BCUT2D eigenvalue weighted by Crippen LogP contribution is 2.33. The fraction of sp³-hybridized carbons (Fsp3) is 0.706. The van der Waals surface area contributed by atoms with Gasteiger partial charge in [0.15, 0.2) is 0 Å². The topological polar surface area (TPSA) is 49.3 Å². The van der Waals surface area contributed by atoms with Crippen molar-refractivity contribution in [1.82, 2.24) is 14.9 Å². The van der Waals surface area contributed by atoms with Crippen molar-refractivity contribution in [3.63, 3.8) is 0 Å². The number of hydrogen-bond donors (Lipinski definition) is 0. The zero-order valence-electron chi connectivity index (χ0n) is 13.6. The minimum absolute atomic E-state index is 0.203. The van der Waals surface area contributed by atoms with E-state index in [9.17, 15) is 4.79 Å². The van der Waals surface area contributed by atoms with Gasteiger partial charge in [0.25, 0.3) is 0 Å². The Balaban J connectivity index is 1.63. The molecule has 0 saturated carbocycles. The van der Waals surface area contributed by atoms with Crippen LogP contribution in [0.25, 0.3) is 0 Å². The van der Waals surface area contributed by atoms with Crippen molar-refractivity contribution in [3.8, 4) is 0 Å². The number of hydrogen-bond acceptors (Lipinski definition) is 4. The highest BCUT2D eigenvalue weighted by atomic mass is 16.2. The first-order valence-electron chi connectivity index (χ1n) is 8.53. The van der Waals surface area contributed by atoms with Crippen LogP contribution < -0.4 is 4.90 Å². The summed E-state index contributed by atoms with van der Waals surface area (Å²) in [5, 5.41) is 0.